The monoisotopic (exact) mass is 418 g/mol. The van der Waals surface area contributed by atoms with Crippen LogP contribution in [0.1, 0.15) is 15.9 Å². The number of guanidine groups is 1. The smallest absolute Gasteiger partial charge is 0.251 e. The Balaban J connectivity index is 1.69. The zero-order valence-corrected chi connectivity index (χ0v) is 16.5. The predicted octanol–water partition coefficient (Wildman–Crippen LogP) is 2.55. The van der Waals surface area contributed by atoms with E-state index in [0.29, 0.717) is 31.2 Å². The van der Waals surface area contributed by atoms with Crippen LogP contribution in [0.15, 0.2) is 58.0 Å². The molecule has 7 heteroatoms. The van der Waals surface area contributed by atoms with Crippen molar-refractivity contribution in [3.63, 3.8) is 0 Å². The lowest BCUT2D eigenvalue weighted by Crippen LogP contribution is -2.41. The Morgan fingerprint density at radius 2 is 1.65 bits per heavy atom. The van der Waals surface area contributed by atoms with Crippen molar-refractivity contribution in [1.82, 2.24) is 16.0 Å². The molecule has 3 N–H and O–H groups in total. The van der Waals surface area contributed by atoms with Crippen LogP contribution < -0.4 is 20.7 Å². The minimum Gasteiger partial charge on any atom is -0.497 e. The normalized spacial score (nSPS) is 11.0. The van der Waals surface area contributed by atoms with Crippen LogP contribution in [-0.4, -0.2) is 39.1 Å². The SMILES string of the molecule is CN=C(NCCNC(=O)c1ccc(Br)cc1)NCc1ccc(OC)cc1. The van der Waals surface area contributed by atoms with Gasteiger partial charge >= 0.3 is 0 Å². The second-order valence-electron chi connectivity index (χ2n) is 5.46. The molecule has 0 aliphatic rings. The first-order chi connectivity index (χ1) is 12.6. The fourth-order valence-electron chi connectivity index (χ4n) is 2.21. The van der Waals surface area contributed by atoms with E-state index < -0.39 is 0 Å². The molecule has 0 bridgehead atoms. The van der Waals surface area contributed by atoms with Crippen molar-refractivity contribution in [1.29, 1.82) is 0 Å². The summed E-state index contributed by atoms with van der Waals surface area (Å²) >= 11 is 3.35. The van der Waals surface area contributed by atoms with Gasteiger partial charge in [0, 0.05) is 36.7 Å². The van der Waals surface area contributed by atoms with Crippen molar-refractivity contribution in [3.05, 3.63) is 64.1 Å². The minimum absolute atomic E-state index is 0.0968. The Bertz CT molecular complexity index is 730. The highest BCUT2D eigenvalue weighted by Gasteiger charge is 2.04. The van der Waals surface area contributed by atoms with E-state index in [4.69, 9.17) is 4.74 Å². The molecule has 2 aromatic carbocycles. The van der Waals surface area contributed by atoms with Gasteiger partial charge in [-0.3, -0.25) is 9.79 Å². The molecular formula is C19H23BrN4O2. The van der Waals surface area contributed by atoms with E-state index in [1.54, 1.807) is 26.3 Å². The molecule has 0 aliphatic heterocycles. The Morgan fingerprint density at radius 1 is 1.00 bits per heavy atom. The molecule has 6 nitrogen and oxygen atoms in total. The second kappa shape index (κ2) is 10.5. The van der Waals surface area contributed by atoms with Crippen LogP contribution in [0.5, 0.6) is 5.75 Å². The Morgan fingerprint density at radius 3 is 2.27 bits per heavy atom. The number of amides is 1. The molecule has 0 fully saturated rings. The lowest BCUT2D eigenvalue weighted by Gasteiger charge is -2.12. The summed E-state index contributed by atoms with van der Waals surface area (Å²) in [5, 5.41) is 9.27. The number of methoxy groups -OCH3 is 1. The zero-order valence-electron chi connectivity index (χ0n) is 14.9. The lowest BCUT2D eigenvalue weighted by molar-refractivity contribution is 0.0954. The maximum atomic E-state index is 12.0. The first kappa shape index (κ1) is 19.8. The van der Waals surface area contributed by atoms with Gasteiger partial charge in [-0.05, 0) is 42.0 Å². The molecular weight excluding hydrogens is 396 g/mol. The van der Waals surface area contributed by atoms with E-state index in [-0.39, 0.29) is 5.91 Å². The average Bonchev–Trinajstić information content (AvgIpc) is 2.68. The third kappa shape index (κ3) is 6.40. The van der Waals surface area contributed by atoms with Crippen LogP contribution in [0.2, 0.25) is 0 Å². The van der Waals surface area contributed by atoms with Crippen LogP contribution in [0.4, 0.5) is 0 Å². The van der Waals surface area contributed by atoms with Gasteiger partial charge in [-0.2, -0.15) is 0 Å². The van der Waals surface area contributed by atoms with Crippen molar-refractivity contribution in [2.24, 2.45) is 4.99 Å². The summed E-state index contributed by atoms with van der Waals surface area (Å²) < 4.78 is 6.09. The molecule has 0 saturated heterocycles. The number of carbonyl (C=O) groups excluding carboxylic acids is 1. The topological polar surface area (TPSA) is 74.8 Å². The molecule has 1 amide bonds. The highest BCUT2D eigenvalue weighted by Crippen LogP contribution is 2.11. The number of hydrogen-bond donors (Lipinski definition) is 3. The second-order valence-corrected chi connectivity index (χ2v) is 6.38. The molecule has 0 aromatic heterocycles. The molecule has 0 radical (unpaired) electrons. The molecule has 0 spiro atoms. The largest absolute Gasteiger partial charge is 0.497 e. The van der Waals surface area contributed by atoms with Crippen molar-refractivity contribution in [2.75, 3.05) is 27.2 Å². The number of carbonyl (C=O) groups is 1. The van der Waals surface area contributed by atoms with Crippen LogP contribution in [-0.2, 0) is 6.54 Å². The number of rotatable bonds is 7. The summed E-state index contributed by atoms with van der Waals surface area (Å²) in [6, 6.07) is 15.1. The van der Waals surface area contributed by atoms with Gasteiger partial charge in [0.1, 0.15) is 5.75 Å². The van der Waals surface area contributed by atoms with Crippen LogP contribution >= 0.6 is 15.9 Å². The van der Waals surface area contributed by atoms with Gasteiger partial charge in [-0.1, -0.05) is 28.1 Å². The highest BCUT2D eigenvalue weighted by atomic mass is 79.9. The number of ether oxygens (including phenoxy) is 1. The third-order valence-corrected chi connectivity index (χ3v) is 4.18. The van der Waals surface area contributed by atoms with E-state index in [1.165, 1.54) is 0 Å². The van der Waals surface area contributed by atoms with E-state index in [0.717, 1.165) is 15.8 Å². The fourth-order valence-corrected chi connectivity index (χ4v) is 2.47. The number of benzene rings is 2. The van der Waals surface area contributed by atoms with Crippen molar-refractivity contribution < 1.29 is 9.53 Å². The number of nitrogens with one attached hydrogen (secondary N) is 3. The first-order valence-electron chi connectivity index (χ1n) is 8.23. The molecule has 0 aliphatic carbocycles. The van der Waals surface area contributed by atoms with Crippen molar-refractivity contribution in [2.45, 2.75) is 6.54 Å². The van der Waals surface area contributed by atoms with Crippen molar-refractivity contribution >= 4 is 27.8 Å². The van der Waals surface area contributed by atoms with E-state index in [9.17, 15) is 4.79 Å². The van der Waals surface area contributed by atoms with Crippen LogP contribution in [0.3, 0.4) is 0 Å². The van der Waals surface area contributed by atoms with E-state index >= 15 is 0 Å². The van der Waals surface area contributed by atoms with E-state index in [1.807, 2.05) is 36.4 Å². The number of hydrogen-bond acceptors (Lipinski definition) is 3. The summed E-state index contributed by atoms with van der Waals surface area (Å²) in [6.07, 6.45) is 0. The molecule has 138 valence electrons. The van der Waals surface area contributed by atoms with Gasteiger partial charge in [-0.25, -0.2) is 0 Å². The van der Waals surface area contributed by atoms with Gasteiger partial charge in [0.2, 0.25) is 0 Å². The third-order valence-electron chi connectivity index (χ3n) is 3.65. The number of aliphatic imine (C=N–C) groups is 1. The standard InChI is InChI=1S/C19H23BrN4O2/c1-21-19(24-13-14-3-9-17(26-2)10-4-14)23-12-11-22-18(25)15-5-7-16(20)8-6-15/h3-10H,11-13H2,1-2H3,(H,22,25)(H2,21,23,24). The Hall–Kier alpha value is -2.54. The average molecular weight is 419 g/mol. The molecule has 0 saturated carbocycles. The molecule has 0 unspecified atom stereocenters. The minimum atomic E-state index is -0.0968. The summed E-state index contributed by atoms with van der Waals surface area (Å²) in [5.74, 6) is 1.41. The van der Waals surface area contributed by atoms with Gasteiger partial charge in [0.15, 0.2) is 5.96 Å². The van der Waals surface area contributed by atoms with Gasteiger partial charge in [-0.15, -0.1) is 0 Å². The molecule has 26 heavy (non-hydrogen) atoms. The van der Waals surface area contributed by atoms with Gasteiger partial charge in [0.05, 0.1) is 7.11 Å². The zero-order chi connectivity index (χ0) is 18.8. The highest BCUT2D eigenvalue weighted by molar-refractivity contribution is 9.10. The van der Waals surface area contributed by atoms with Gasteiger partial charge in [0.25, 0.3) is 5.91 Å². The molecule has 0 heterocycles. The summed E-state index contributed by atoms with van der Waals surface area (Å²) in [6.45, 7) is 1.72. The Kier molecular flexibility index (Phi) is 7.95. The molecule has 2 aromatic rings. The maximum absolute atomic E-state index is 12.0. The quantitative estimate of drug-likeness (QED) is 0.367. The molecule has 2 rings (SSSR count). The van der Waals surface area contributed by atoms with E-state index in [2.05, 4.69) is 36.9 Å². The predicted molar refractivity (Wildman–Crippen MR) is 108 cm³/mol. The summed E-state index contributed by atoms with van der Waals surface area (Å²) in [4.78, 5) is 16.2. The number of nitrogens with zero attached hydrogens (tertiary/aromatic N) is 1. The number of halogens is 1. The summed E-state index contributed by atoms with van der Waals surface area (Å²) in [7, 11) is 3.36. The first-order valence-corrected chi connectivity index (χ1v) is 9.03. The molecule has 0 atom stereocenters. The van der Waals surface area contributed by atoms with Crippen LogP contribution in [0.25, 0.3) is 0 Å². The lowest BCUT2D eigenvalue weighted by atomic mass is 10.2. The summed E-state index contributed by atoms with van der Waals surface area (Å²) in [5.41, 5.74) is 1.76. The maximum Gasteiger partial charge on any atom is 0.251 e. The van der Waals surface area contributed by atoms with Crippen LogP contribution in [0, 0.1) is 0 Å². The van der Waals surface area contributed by atoms with Gasteiger partial charge < -0.3 is 20.7 Å². The fraction of sp³-hybridized carbons (Fsp3) is 0.263. The Labute approximate surface area is 162 Å². The van der Waals surface area contributed by atoms with Crippen molar-refractivity contribution in [3.8, 4) is 5.75 Å².